The molecule has 1 N–H and O–H groups in total. The Morgan fingerprint density at radius 2 is 2.17 bits per heavy atom. The van der Waals surface area contributed by atoms with Gasteiger partial charge in [-0.2, -0.15) is 0 Å². The Hall–Kier alpha value is -1.16. The summed E-state index contributed by atoms with van der Waals surface area (Å²) in [5.74, 6) is 0. The lowest BCUT2D eigenvalue weighted by molar-refractivity contribution is 1.25. The van der Waals surface area contributed by atoms with Crippen LogP contribution in [-0.4, -0.2) is 9.97 Å². The quantitative estimate of drug-likeness (QED) is 0.693. The number of nitrogens with zero attached hydrogens (tertiary/aromatic N) is 1. The lowest BCUT2D eigenvalue weighted by Gasteiger charge is -1.94. The van der Waals surface area contributed by atoms with Gasteiger partial charge in [0.05, 0.1) is 10.9 Å². The van der Waals surface area contributed by atoms with Crippen molar-refractivity contribution in [2.45, 2.75) is 0 Å². The van der Waals surface area contributed by atoms with E-state index < -0.39 is 0 Å². The van der Waals surface area contributed by atoms with Crippen LogP contribution in [0.15, 0.2) is 33.8 Å². The molecule has 0 spiro atoms. The Kier molecular flexibility index (Phi) is 1.69. The fourth-order valence-electron chi connectivity index (χ4n) is 1.04. The second kappa shape index (κ2) is 2.71. The Balaban J connectivity index is 2.96. The van der Waals surface area contributed by atoms with E-state index in [1.165, 1.54) is 0 Å². The molecular weight excluding hydrogens is 220 g/mol. The maximum atomic E-state index is 11.2. The van der Waals surface area contributed by atoms with Crippen molar-refractivity contribution in [3.05, 3.63) is 39.4 Å². The SMILES string of the molecule is O=c1[nH]ccc2nc(Br)ccc12. The largest absolute Gasteiger partial charge is 0.328 e. The summed E-state index contributed by atoms with van der Waals surface area (Å²) in [6.45, 7) is 0. The van der Waals surface area contributed by atoms with Gasteiger partial charge in [0.1, 0.15) is 4.60 Å². The van der Waals surface area contributed by atoms with Gasteiger partial charge in [-0.3, -0.25) is 4.79 Å². The molecule has 3 nitrogen and oxygen atoms in total. The van der Waals surface area contributed by atoms with Crippen LogP contribution in [-0.2, 0) is 0 Å². The van der Waals surface area contributed by atoms with E-state index in [-0.39, 0.29) is 5.56 Å². The summed E-state index contributed by atoms with van der Waals surface area (Å²) < 4.78 is 0.737. The molecule has 0 aliphatic carbocycles. The van der Waals surface area contributed by atoms with Crippen LogP contribution in [0.2, 0.25) is 0 Å². The Morgan fingerprint density at radius 3 is 3.00 bits per heavy atom. The minimum atomic E-state index is -0.104. The van der Waals surface area contributed by atoms with Crippen LogP contribution in [0.4, 0.5) is 0 Å². The molecule has 2 aromatic rings. The van der Waals surface area contributed by atoms with E-state index in [9.17, 15) is 4.79 Å². The van der Waals surface area contributed by atoms with Crippen LogP contribution in [0.3, 0.4) is 0 Å². The summed E-state index contributed by atoms with van der Waals surface area (Å²) in [6.07, 6.45) is 1.59. The van der Waals surface area contributed by atoms with E-state index in [0.29, 0.717) is 10.9 Å². The van der Waals surface area contributed by atoms with Gasteiger partial charge in [-0.05, 0) is 34.1 Å². The van der Waals surface area contributed by atoms with Gasteiger partial charge in [0.15, 0.2) is 0 Å². The number of aromatic nitrogens is 2. The zero-order chi connectivity index (χ0) is 8.55. The fourth-order valence-corrected chi connectivity index (χ4v) is 1.37. The first-order chi connectivity index (χ1) is 5.77. The maximum Gasteiger partial charge on any atom is 0.257 e. The number of halogens is 1. The van der Waals surface area contributed by atoms with Gasteiger partial charge in [0.2, 0.25) is 0 Å². The molecule has 60 valence electrons. The molecule has 2 aromatic heterocycles. The lowest BCUT2D eigenvalue weighted by Crippen LogP contribution is -2.04. The van der Waals surface area contributed by atoms with Crippen LogP contribution in [0.1, 0.15) is 0 Å². The zero-order valence-corrected chi connectivity index (χ0v) is 7.63. The first-order valence-corrected chi connectivity index (χ1v) is 4.20. The van der Waals surface area contributed by atoms with Gasteiger partial charge in [0, 0.05) is 6.20 Å². The van der Waals surface area contributed by atoms with Crippen molar-refractivity contribution < 1.29 is 0 Å². The monoisotopic (exact) mass is 224 g/mol. The molecule has 0 aliphatic heterocycles. The highest BCUT2D eigenvalue weighted by Crippen LogP contribution is 2.10. The highest BCUT2D eigenvalue weighted by molar-refractivity contribution is 9.10. The number of fused-ring (bicyclic) bond motifs is 1. The number of hydrogen-bond donors (Lipinski definition) is 1. The minimum absolute atomic E-state index is 0.104. The summed E-state index contributed by atoms with van der Waals surface area (Å²) >= 11 is 3.23. The van der Waals surface area contributed by atoms with E-state index in [1.54, 1.807) is 24.4 Å². The highest BCUT2D eigenvalue weighted by Gasteiger charge is 1.97. The number of hydrogen-bond acceptors (Lipinski definition) is 2. The van der Waals surface area contributed by atoms with Gasteiger partial charge >= 0.3 is 0 Å². The smallest absolute Gasteiger partial charge is 0.257 e. The second-order valence-electron chi connectivity index (χ2n) is 2.37. The summed E-state index contributed by atoms with van der Waals surface area (Å²) in [5.41, 5.74) is 0.598. The van der Waals surface area contributed by atoms with E-state index >= 15 is 0 Å². The standard InChI is InChI=1S/C8H5BrN2O/c9-7-2-1-5-6(11-7)3-4-10-8(5)12/h1-4H,(H,10,12). The van der Waals surface area contributed by atoms with Crippen molar-refractivity contribution in [1.82, 2.24) is 9.97 Å². The van der Waals surface area contributed by atoms with Crippen LogP contribution < -0.4 is 5.56 Å². The maximum absolute atomic E-state index is 11.2. The third-order valence-corrected chi connectivity index (χ3v) is 2.03. The predicted molar refractivity (Wildman–Crippen MR) is 50.1 cm³/mol. The van der Waals surface area contributed by atoms with Crippen molar-refractivity contribution in [2.75, 3.05) is 0 Å². The van der Waals surface area contributed by atoms with E-state index in [1.807, 2.05) is 0 Å². The number of rotatable bonds is 0. The molecule has 2 rings (SSSR count). The number of nitrogens with one attached hydrogen (secondary N) is 1. The summed E-state index contributed by atoms with van der Waals surface area (Å²) in [4.78, 5) is 17.9. The Morgan fingerprint density at radius 1 is 1.33 bits per heavy atom. The molecule has 2 heterocycles. The summed E-state index contributed by atoms with van der Waals surface area (Å²) in [6, 6.07) is 5.25. The average molecular weight is 225 g/mol. The molecule has 0 aliphatic rings. The molecule has 4 heteroatoms. The van der Waals surface area contributed by atoms with Crippen molar-refractivity contribution >= 4 is 26.8 Å². The first kappa shape index (κ1) is 7.49. The summed E-state index contributed by atoms with van der Waals surface area (Å²) in [5, 5.41) is 0.612. The number of aromatic amines is 1. The molecule has 0 aromatic carbocycles. The second-order valence-corrected chi connectivity index (χ2v) is 3.19. The third kappa shape index (κ3) is 1.14. The topological polar surface area (TPSA) is 45.8 Å². The molecule has 0 fully saturated rings. The average Bonchev–Trinajstić information content (AvgIpc) is 2.04. The molecular formula is C8H5BrN2O. The van der Waals surface area contributed by atoms with Crippen molar-refractivity contribution in [2.24, 2.45) is 0 Å². The predicted octanol–water partition coefficient (Wildman–Crippen LogP) is 1.69. The highest BCUT2D eigenvalue weighted by atomic mass is 79.9. The summed E-state index contributed by atoms with van der Waals surface area (Å²) in [7, 11) is 0. The van der Waals surface area contributed by atoms with Gasteiger partial charge in [-0.1, -0.05) is 0 Å². The van der Waals surface area contributed by atoms with Gasteiger partial charge in [-0.15, -0.1) is 0 Å². The van der Waals surface area contributed by atoms with Gasteiger partial charge in [-0.25, -0.2) is 4.98 Å². The van der Waals surface area contributed by atoms with E-state index in [0.717, 1.165) is 4.60 Å². The van der Waals surface area contributed by atoms with Crippen molar-refractivity contribution in [3.63, 3.8) is 0 Å². The Labute approximate surface area is 76.6 Å². The normalized spacial score (nSPS) is 10.4. The van der Waals surface area contributed by atoms with Gasteiger partial charge in [0.25, 0.3) is 5.56 Å². The number of pyridine rings is 2. The number of H-pyrrole nitrogens is 1. The van der Waals surface area contributed by atoms with Gasteiger partial charge < -0.3 is 4.98 Å². The molecule has 0 radical (unpaired) electrons. The van der Waals surface area contributed by atoms with E-state index in [2.05, 4.69) is 25.9 Å². The van der Waals surface area contributed by atoms with Crippen molar-refractivity contribution in [1.29, 1.82) is 0 Å². The molecule has 0 atom stereocenters. The minimum Gasteiger partial charge on any atom is -0.328 e. The van der Waals surface area contributed by atoms with Crippen LogP contribution >= 0.6 is 15.9 Å². The molecule has 0 bridgehead atoms. The molecule has 12 heavy (non-hydrogen) atoms. The lowest BCUT2D eigenvalue weighted by atomic mass is 10.3. The van der Waals surface area contributed by atoms with Crippen molar-refractivity contribution in [3.8, 4) is 0 Å². The van der Waals surface area contributed by atoms with Crippen LogP contribution in [0, 0.1) is 0 Å². The first-order valence-electron chi connectivity index (χ1n) is 3.41. The Bertz CT molecular complexity index is 478. The fraction of sp³-hybridized carbons (Fsp3) is 0. The van der Waals surface area contributed by atoms with Crippen LogP contribution in [0.5, 0.6) is 0 Å². The molecule has 0 unspecified atom stereocenters. The molecule has 0 amide bonds. The van der Waals surface area contributed by atoms with E-state index in [4.69, 9.17) is 0 Å². The third-order valence-electron chi connectivity index (χ3n) is 1.59. The molecule has 0 saturated carbocycles. The van der Waals surface area contributed by atoms with Crippen LogP contribution in [0.25, 0.3) is 10.9 Å². The molecule has 0 saturated heterocycles. The zero-order valence-electron chi connectivity index (χ0n) is 6.04.